The fraction of sp³-hybridized carbons (Fsp3) is 0.250. The van der Waals surface area contributed by atoms with Gasteiger partial charge in [0.2, 0.25) is 5.91 Å². The van der Waals surface area contributed by atoms with E-state index < -0.39 is 36.0 Å². The van der Waals surface area contributed by atoms with Crippen molar-refractivity contribution in [3.8, 4) is 5.75 Å². The first-order chi connectivity index (χ1) is 16.2. The van der Waals surface area contributed by atoms with Crippen molar-refractivity contribution in [2.24, 2.45) is 7.05 Å². The van der Waals surface area contributed by atoms with Gasteiger partial charge in [-0.05, 0) is 42.3 Å². The Morgan fingerprint density at radius 3 is 2.44 bits per heavy atom. The van der Waals surface area contributed by atoms with E-state index in [0.29, 0.717) is 22.2 Å². The van der Waals surface area contributed by atoms with Gasteiger partial charge in [-0.2, -0.15) is 0 Å². The molecule has 2 aromatic carbocycles. The molecule has 0 saturated carbocycles. The molecule has 0 bridgehead atoms. The first kappa shape index (κ1) is 23.3. The molecule has 4 rings (SSSR count). The van der Waals surface area contributed by atoms with Crippen molar-refractivity contribution < 1.29 is 19.1 Å². The van der Waals surface area contributed by atoms with Gasteiger partial charge >= 0.3 is 6.03 Å². The number of amides is 4. The number of hydrogen-bond donors (Lipinski definition) is 2. The second-order valence-electron chi connectivity index (χ2n) is 8.12. The Hall–Kier alpha value is -3.85. The second-order valence-corrected chi connectivity index (χ2v) is 8.56. The summed E-state index contributed by atoms with van der Waals surface area (Å²) in [4.78, 5) is 44.1. The van der Waals surface area contributed by atoms with E-state index in [1.807, 2.05) is 7.05 Å². The molecule has 3 aromatic rings. The highest BCUT2D eigenvalue weighted by Gasteiger charge is 2.49. The number of imidazole rings is 1. The topological polar surface area (TPSA) is 106 Å². The molecule has 1 aromatic heterocycles. The number of benzene rings is 2. The third-order valence-electron chi connectivity index (χ3n) is 5.87. The van der Waals surface area contributed by atoms with Crippen molar-refractivity contribution in [3.63, 3.8) is 0 Å². The molecule has 10 heteroatoms. The minimum Gasteiger partial charge on any atom is -0.497 e. The molecule has 1 aliphatic heterocycles. The van der Waals surface area contributed by atoms with Gasteiger partial charge in [-0.3, -0.25) is 14.5 Å². The number of urea groups is 1. The average Bonchev–Trinajstić information content (AvgIpc) is 3.34. The summed E-state index contributed by atoms with van der Waals surface area (Å²) in [5.74, 6) is 0.196. The number of rotatable bonds is 7. The molecule has 0 spiro atoms. The summed E-state index contributed by atoms with van der Waals surface area (Å²) in [6.07, 6.45) is 3.39. The van der Waals surface area contributed by atoms with E-state index in [2.05, 4.69) is 15.6 Å². The molecule has 1 fully saturated rings. The lowest BCUT2D eigenvalue weighted by atomic mass is 9.92. The van der Waals surface area contributed by atoms with E-state index in [0.717, 1.165) is 10.5 Å². The molecule has 2 heterocycles. The lowest BCUT2D eigenvalue weighted by molar-refractivity contribution is -0.135. The zero-order valence-electron chi connectivity index (χ0n) is 18.9. The average molecular weight is 482 g/mol. The van der Waals surface area contributed by atoms with E-state index in [9.17, 15) is 14.4 Å². The zero-order valence-corrected chi connectivity index (χ0v) is 19.7. The quantitative estimate of drug-likeness (QED) is 0.505. The van der Waals surface area contributed by atoms with Gasteiger partial charge in [0, 0.05) is 24.5 Å². The van der Waals surface area contributed by atoms with Crippen LogP contribution < -0.4 is 15.4 Å². The van der Waals surface area contributed by atoms with Gasteiger partial charge in [-0.15, -0.1) is 0 Å². The van der Waals surface area contributed by atoms with E-state index in [1.165, 1.54) is 0 Å². The number of ether oxygens (including phenoxy) is 1. The fourth-order valence-electron chi connectivity index (χ4n) is 3.92. The van der Waals surface area contributed by atoms with E-state index in [1.54, 1.807) is 79.5 Å². The summed E-state index contributed by atoms with van der Waals surface area (Å²) in [5.41, 5.74) is 0.0488. The molecule has 0 unspecified atom stereocenters. The Morgan fingerprint density at radius 1 is 1.18 bits per heavy atom. The summed E-state index contributed by atoms with van der Waals surface area (Å²) in [6, 6.07) is 12.6. The highest BCUT2D eigenvalue weighted by Crippen LogP contribution is 2.30. The maximum Gasteiger partial charge on any atom is 0.325 e. The van der Waals surface area contributed by atoms with Crippen LogP contribution in [-0.4, -0.2) is 46.0 Å². The molecule has 2 N–H and O–H groups in total. The SMILES string of the molecule is COc1ccc([C@]2(C)NC(=O)N(CC(=O)N[C@H](c3ccc(Cl)cc3)c3nccn3C)C2=O)cc1. The lowest BCUT2D eigenvalue weighted by Crippen LogP contribution is -2.44. The molecule has 176 valence electrons. The van der Waals surface area contributed by atoms with Crippen LogP contribution in [-0.2, 0) is 22.2 Å². The van der Waals surface area contributed by atoms with Crippen LogP contribution in [0.25, 0.3) is 0 Å². The maximum atomic E-state index is 13.2. The van der Waals surface area contributed by atoms with Crippen molar-refractivity contribution in [1.82, 2.24) is 25.1 Å². The largest absolute Gasteiger partial charge is 0.497 e. The van der Waals surface area contributed by atoms with E-state index in [-0.39, 0.29) is 0 Å². The standard InChI is InChI=1S/C24H24ClN5O4/c1-24(16-6-10-18(34-3)11-7-16)22(32)30(23(33)28-24)14-19(31)27-20(21-26-12-13-29(21)2)15-4-8-17(25)9-5-15/h4-13,20H,14H2,1-3H3,(H,27,31)(H,28,33)/t20-,24+/m1/s1. The minimum atomic E-state index is -1.29. The van der Waals surface area contributed by atoms with Gasteiger partial charge < -0.3 is 19.9 Å². The van der Waals surface area contributed by atoms with Crippen molar-refractivity contribution in [2.45, 2.75) is 18.5 Å². The molecular weight excluding hydrogens is 458 g/mol. The predicted molar refractivity (Wildman–Crippen MR) is 125 cm³/mol. The monoisotopic (exact) mass is 481 g/mol. The Labute approximate surface area is 201 Å². The van der Waals surface area contributed by atoms with Gasteiger partial charge in [-0.1, -0.05) is 35.9 Å². The van der Waals surface area contributed by atoms with Crippen molar-refractivity contribution in [1.29, 1.82) is 0 Å². The van der Waals surface area contributed by atoms with Crippen molar-refractivity contribution >= 4 is 29.4 Å². The number of methoxy groups -OCH3 is 1. The zero-order chi connectivity index (χ0) is 24.5. The lowest BCUT2D eigenvalue weighted by Gasteiger charge is -2.23. The molecule has 9 nitrogen and oxygen atoms in total. The van der Waals surface area contributed by atoms with Crippen molar-refractivity contribution in [3.05, 3.63) is 82.9 Å². The highest BCUT2D eigenvalue weighted by molar-refractivity contribution is 6.30. The van der Waals surface area contributed by atoms with Gasteiger partial charge in [0.1, 0.15) is 29.7 Å². The summed E-state index contributed by atoms with van der Waals surface area (Å²) in [6.45, 7) is 1.17. The van der Waals surface area contributed by atoms with Crippen LogP contribution in [0.3, 0.4) is 0 Å². The molecule has 0 radical (unpaired) electrons. The van der Waals surface area contributed by atoms with Gasteiger partial charge in [-0.25, -0.2) is 9.78 Å². The van der Waals surface area contributed by atoms with Crippen LogP contribution in [0, 0.1) is 0 Å². The number of halogens is 1. The molecule has 2 atom stereocenters. The van der Waals surface area contributed by atoms with Crippen LogP contribution in [0.4, 0.5) is 4.79 Å². The molecule has 34 heavy (non-hydrogen) atoms. The Morgan fingerprint density at radius 2 is 1.85 bits per heavy atom. The van der Waals surface area contributed by atoms with Crippen LogP contribution in [0.2, 0.25) is 5.02 Å². The third-order valence-corrected chi connectivity index (χ3v) is 6.12. The molecule has 1 aliphatic rings. The van der Waals surface area contributed by atoms with Crippen LogP contribution in [0.15, 0.2) is 60.9 Å². The minimum absolute atomic E-state index is 0.440. The van der Waals surface area contributed by atoms with E-state index >= 15 is 0 Å². The van der Waals surface area contributed by atoms with E-state index in [4.69, 9.17) is 16.3 Å². The summed E-state index contributed by atoms with van der Waals surface area (Å²) in [5, 5.41) is 6.15. The summed E-state index contributed by atoms with van der Waals surface area (Å²) < 4.78 is 6.94. The number of imide groups is 1. The number of nitrogens with zero attached hydrogens (tertiary/aromatic N) is 3. The number of hydrogen-bond acceptors (Lipinski definition) is 5. The maximum absolute atomic E-state index is 13.2. The molecular formula is C24H24ClN5O4. The Bertz CT molecular complexity index is 1220. The molecule has 0 aliphatic carbocycles. The number of nitrogens with one attached hydrogen (secondary N) is 2. The highest BCUT2D eigenvalue weighted by atomic mass is 35.5. The molecule has 4 amide bonds. The van der Waals surface area contributed by atoms with Crippen LogP contribution >= 0.6 is 11.6 Å². The summed E-state index contributed by atoms with van der Waals surface area (Å²) >= 11 is 6.01. The number of carbonyl (C=O) groups excluding carboxylic acids is 3. The van der Waals surface area contributed by atoms with Gasteiger partial charge in [0.15, 0.2) is 0 Å². The fourth-order valence-corrected chi connectivity index (χ4v) is 4.04. The van der Waals surface area contributed by atoms with Gasteiger partial charge in [0.25, 0.3) is 5.91 Å². The van der Waals surface area contributed by atoms with Crippen LogP contribution in [0.1, 0.15) is 29.9 Å². The molecule has 1 saturated heterocycles. The Balaban J connectivity index is 1.53. The predicted octanol–water partition coefficient (Wildman–Crippen LogP) is 2.75. The van der Waals surface area contributed by atoms with Crippen molar-refractivity contribution in [2.75, 3.05) is 13.7 Å². The normalized spacial score (nSPS) is 18.5. The smallest absolute Gasteiger partial charge is 0.325 e. The summed E-state index contributed by atoms with van der Waals surface area (Å²) in [7, 11) is 3.36. The third kappa shape index (κ3) is 4.34. The van der Waals surface area contributed by atoms with Crippen LogP contribution in [0.5, 0.6) is 5.75 Å². The Kier molecular flexibility index (Phi) is 6.30. The number of carbonyl (C=O) groups is 3. The first-order valence-corrected chi connectivity index (χ1v) is 10.9. The van der Waals surface area contributed by atoms with Gasteiger partial charge in [0.05, 0.1) is 7.11 Å². The first-order valence-electron chi connectivity index (χ1n) is 10.5. The number of aryl methyl sites for hydroxylation is 1. The second kappa shape index (κ2) is 9.18. The number of aromatic nitrogens is 2.